The molecule has 22 heavy (non-hydrogen) atoms. The number of nitrogens with zero attached hydrogens (tertiary/aromatic N) is 1. The fraction of sp³-hybridized carbons (Fsp3) is 0.353. The molecule has 0 radical (unpaired) electrons. The quantitative estimate of drug-likeness (QED) is 0.883. The second-order valence-electron chi connectivity index (χ2n) is 5.48. The fourth-order valence-corrected chi connectivity index (χ4v) is 3.21. The Balaban J connectivity index is 1.69. The fourth-order valence-electron chi connectivity index (χ4n) is 2.90. The van der Waals surface area contributed by atoms with Gasteiger partial charge >= 0.3 is 0 Å². The monoisotopic (exact) mass is 362 g/mol. The molecule has 1 aliphatic rings. The van der Waals surface area contributed by atoms with E-state index in [9.17, 15) is 4.79 Å². The van der Waals surface area contributed by atoms with Crippen LogP contribution in [-0.4, -0.2) is 30.4 Å². The van der Waals surface area contributed by atoms with E-state index in [1.165, 1.54) is 18.4 Å². The summed E-state index contributed by atoms with van der Waals surface area (Å²) in [5.41, 5.74) is 1.24. The first-order valence-corrected chi connectivity index (χ1v) is 8.36. The molecule has 0 aliphatic carbocycles. The number of benzene rings is 1. The molecule has 1 unspecified atom stereocenters. The van der Waals surface area contributed by atoms with Crippen molar-refractivity contribution in [3.63, 3.8) is 0 Å². The van der Waals surface area contributed by atoms with Gasteiger partial charge in [-0.05, 0) is 59.6 Å². The molecule has 1 aromatic carbocycles. The Hall–Kier alpha value is -1.59. The first-order valence-electron chi connectivity index (χ1n) is 7.56. The summed E-state index contributed by atoms with van der Waals surface area (Å²) in [6, 6.07) is 14.0. The van der Waals surface area contributed by atoms with Gasteiger partial charge < -0.3 is 9.73 Å². The molecule has 5 heteroatoms. The number of carbonyl (C=O) groups is 1. The van der Waals surface area contributed by atoms with Gasteiger partial charge in [-0.1, -0.05) is 30.3 Å². The molecule has 1 N–H and O–H groups in total. The Morgan fingerprint density at radius 2 is 1.91 bits per heavy atom. The molecule has 116 valence electrons. The SMILES string of the molecule is O=C(NCC(c1ccccc1)N1CCCC1)c1ccc(Br)o1. The van der Waals surface area contributed by atoms with Gasteiger partial charge in [0, 0.05) is 6.54 Å². The molecule has 2 heterocycles. The van der Waals surface area contributed by atoms with Gasteiger partial charge in [-0.15, -0.1) is 0 Å². The Bertz CT molecular complexity index is 621. The molecule has 1 saturated heterocycles. The zero-order valence-electron chi connectivity index (χ0n) is 12.3. The Morgan fingerprint density at radius 1 is 1.18 bits per heavy atom. The number of hydrogen-bond acceptors (Lipinski definition) is 3. The Labute approximate surface area is 138 Å². The number of hydrogen-bond donors (Lipinski definition) is 1. The third kappa shape index (κ3) is 3.59. The number of nitrogens with one attached hydrogen (secondary N) is 1. The Kier molecular flexibility index (Phi) is 4.95. The van der Waals surface area contributed by atoms with Gasteiger partial charge in [0.15, 0.2) is 10.4 Å². The number of halogens is 1. The van der Waals surface area contributed by atoms with Crippen molar-refractivity contribution in [2.75, 3.05) is 19.6 Å². The smallest absolute Gasteiger partial charge is 0.287 e. The largest absolute Gasteiger partial charge is 0.444 e. The Morgan fingerprint density at radius 3 is 2.55 bits per heavy atom. The second-order valence-corrected chi connectivity index (χ2v) is 6.26. The molecule has 2 aromatic rings. The minimum absolute atomic E-state index is 0.175. The highest BCUT2D eigenvalue weighted by atomic mass is 79.9. The third-order valence-corrected chi connectivity index (χ3v) is 4.44. The lowest BCUT2D eigenvalue weighted by atomic mass is 10.1. The van der Waals surface area contributed by atoms with Crippen LogP contribution in [0.15, 0.2) is 51.6 Å². The maximum Gasteiger partial charge on any atom is 0.287 e. The average Bonchev–Trinajstić information content (AvgIpc) is 3.20. The van der Waals surface area contributed by atoms with Crippen LogP contribution >= 0.6 is 15.9 Å². The van der Waals surface area contributed by atoms with Crippen molar-refractivity contribution in [1.82, 2.24) is 10.2 Å². The third-order valence-electron chi connectivity index (χ3n) is 4.02. The number of amides is 1. The lowest BCUT2D eigenvalue weighted by Gasteiger charge is -2.28. The maximum atomic E-state index is 12.2. The van der Waals surface area contributed by atoms with Crippen LogP contribution in [0.2, 0.25) is 0 Å². The molecule has 1 atom stereocenters. The zero-order valence-corrected chi connectivity index (χ0v) is 13.9. The molecule has 1 aromatic heterocycles. The van der Waals surface area contributed by atoms with E-state index in [0.29, 0.717) is 17.0 Å². The standard InChI is InChI=1S/C17H19BrN2O2/c18-16-9-8-15(22-16)17(21)19-12-14(20-10-4-5-11-20)13-6-2-1-3-7-13/h1-3,6-9,14H,4-5,10-12H2,(H,19,21). The number of likely N-dealkylation sites (tertiary alicyclic amines) is 1. The van der Waals surface area contributed by atoms with Crippen LogP contribution < -0.4 is 5.32 Å². The number of carbonyl (C=O) groups excluding carboxylic acids is 1. The summed E-state index contributed by atoms with van der Waals surface area (Å²) < 4.78 is 5.87. The van der Waals surface area contributed by atoms with Crippen molar-refractivity contribution >= 4 is 21.8 Å². The number of rotatable bonds is 5. The van der Waals surface area contributed by atoms with E-state index in [1.807, 2.05) is 18.2 Å². The molecular weight excluding hydrogens is 344 g/mol. The zero-order chi connectivity index (χ0) is 15.4. The van der Waals surface area contributed by atoms with Gasteiger partial charge in [-0.25, -0.2) is 0 Å². The van der Waals surface area contributed by atoms with E-state index < -0.39 is 0 Å². The van der Waals surface area contributed by atoms with Gasteiger partial charge in [0.1, 0.15) is 0 Å². The van der Waals surface area contributed by atoms with Crippen LogP contribution in [0.4, 0.5) is 0 Å². The summed E-state index contributed by atoms with van der Waals surface area (Å²) in [6.45, 7) is 2.75. The molecule has 0 saturated carbocycles. The van der Waals surface area contributed by atoms with Gasteiger partial charge in [0.2, 0.25) is 0 Å². The molecule has 0 bridgehead atoms. The number of furan rings is 1. The van der Waals surface area contributed by atoms with Crippen molar-refractivity contribution in [3.05, 3.63) is 58.5 Å². The second kappa shape index (κ2) is 7.11. The molecule has 1 fully saturated rings. The van der Waals surface area contributed by atoms with Crippen molar-refractivity contribution in [3.8, 4) is 0 Å². The molecule has 4 nitrogen and oxygen atoms in total. The van der Waals surface area contributed by atoms with E-state index in [2.05, 4.69) is 38.3 Å². The maximum absolute atomic E-state index is 12.2. The minimum Gasteiger partial charge on any atom is -0.444 e. The average molecular weight is 363 g/mol. The van der Waals surface area contributed by atoms with Gasteiger partial charge in [0.25, 0.3) is 5.91 Å². The highest BCUT2D eigenvalue weighted by Gasteiger charge is 2.24. The van der Waals surface area contributed by atoms with E-state index in [4.69, 9.17) is 4.42 Å². The summed E-state index contributed by atoms with van der Waals surface area (Å²) in [4.78, 5) is 14.6. The predicted octanol–water partition coefficient (Wildman–Crippen LogP) is 3.61. The normalized spacial score (nSPS) is 16.6. The van der Waals surface area contributed by atoms with E-state index in [-0.39, 0.29) is 11.9 Å². The first-order chi connectivity index (χ1) is 10.7. The predicted molar refractivity (Wildman–Crippen MR) is 88.7 cm³/mol. The van der Waals surface area contributed by atoms with Crippen LogP contribution in [0.5, 0.6) is 0 Å². The van der Waals surface area contributed by atoms with Crippen molar-refractivity contribution in [2.45, 2.75) is 18.9 Å². The van der Waals surface area contributed by atoms with Crippen LogP contribution in [0.25, 0.3) is 0 Å². The molecule has 0 spiro atoms. The summed E-state index contributed by atoms with van der Waals surface area (Å²) in [6.07, 6.45) is 2.45. The molecule has 3 rings (SSSR count). The van der Waals surface area contributed by atoms with E-state index in [1.54, 1.807) is 12.1 Å². The molecular formula is C17H19BrN2O2. The first kappa shape index (κ1) is 15.3. The van der Waals surface area contributed by atoms with Crippen LogP contribution in [0.3, 0.4) is 0 Å². The van der Waals surface area contributed by atoms with Gasteiger partial charge in [0.05, 0.1) is 6.04 Å². The summed E-state index contributed by atoms with van der Waals surface area (Å²) >= 11 is 3.22. The molecule has 1 amide bonds. The van der Waals surface area contributed by atoms with Crippen molar-refractivity contribution in [1.29, 1.82) is 0 Å². The van der Waals surface area contributed by atoms with Crippen molar-refractivity contribution < 1.29 is 9.21 Å². The van der Waals surface area contributed by atoms with Crippen molar-refractivity contribution in [2.24, 2.45) is 0 Å². The highest BCUT2D eigenvalue weighted by Crippen LogP contribution is 2.24. The van der Waals surface area contributed by atoms with Gasteiger partial charge in [-0.3, -0.25) is 9.69 Å². The summed E-state index contributed by atoms with van der Waals surface area (Å²) in [5, 5.41) is 2.99. The summed E-state index contributed by atoms with van der Waals surface area (Å²) in [5.74, 6) is 0.158. The van der Waals surface area contributed by atoms with Gasteiger partial charge in [-0.2, -0.15) is 0 Å². The highest BCUT2D eigenvalue weighted by molar-refractivity contribution is 9.10. The lowest BCUT2D eigenvalue weighted by Crippen LogP contribution is -2.36. The topological polar surface area (TPSA) is 45.5 Å². The minimum atomic E-state index is -0.175. The lowest BCUT2D eigenvalue weighted by molar-refractivity contribution is 0.0909. The van der Waals surface area contributed by atoms with Crippen LogP contribution in [0, 0.1) is 0 Å². The van der Waals surface area contributed by atoms with Crippen LogP contribution in [0.1, 0.15) is 35.0 Å². The van der Waals surface area contributed by atoms with E-state index in [0.717, 1.165) is 13.1 Å². The van der Waals surface area contributed by atoms with Crippen LogP contribution in [-0.2, 0) is 0 Å². The van der Waals surface area contributed by atoms with E-state index >= 15 is 0 Å². The molecule has 1 aliphatic heterocycles. The summed E-state index contributed by atoms with van der Waals surface area (Å²) in [7, 11) is 0.